The molecule has 0 aromatic heterocycles. The second-order valence-electron chi connectivity index (χ2n) is 5.63. The van der Waals surface area contributed by atoms with E-state index >= 15 is 0 Å². The molecule has 138 valence electrons. The Hall–Kier alpha value is -2.77. The first kappa shape index (κ1) is 19.0. The van der Waals surface area contributed by atoms with E-state index in [0.29, 0.717) is 39.6 Å². The van der Waals surface area contributed by atoms with Crippen LogP contribution in [0.1, 0.15) is 11.1 Å². The van der Waals surface area contributed by atoms with Gasteiger partial charge in [-0.1, -0.05) is 48.0 Å². The van der Waals surface area contributed by atoms with Gasteiger partial charge in [-0.05, 0) is 41.1 Å². The van der Waals surface area contributed by atoms with Gasteiger partial charge in [-0.2, -0.15) is 0 Å². The SMILES string of the molecule is O=C(O)CN1C(=O)SC(=Cc2ccc(OCc3ccccc3)c(Cl)c2)C1=O. The maximum atomic E-state index is 12.2. The maximum absolute atomic E-state index is 12.2. The van der Waals surface area contributed by atoms with E-state index in [2.05, 4.69) is 0 Å². The van der Waals surface area contributed by atoms with Crippen molar-refractivity contribution in [3.05, 3.63) is 69.6 Å². The zero-order valence-corrected chi connectivity index (χ0v) is 15.5. The predicted octanol–water partition coefficient (Wildman–Crippen LogP) is 4.04. The highest BCUT2D eigenvalue weighted by Crippen LogP contribution is 2.33. The van der Waals surface area contributed by atoms with Crippen molar-refractivity contribution >= 4 is 46.6 Å². The summed E-state index contributed by atoms with van der Waals surface area (Å²) < 4.78 is 5.69. The Bertz CT molecular complexity index is 929. The number of aliphatic carboxylic acids is 1. The Balaban J connectivity index is 1.72. The van der Waals surface area contributed by atoms with Crippen LogP contribution in [-0.4, -0.2) is 33.7 Å². The fourth-order valence-corrected chi connectivity index (χ4v) is 3.46. The smallest absolute Gasteiger partial charge is 0.323 e. The van der Waals surface area contributed by atoms with Crippen LogP contribution in [-0.2, 0) is 16.2 Å². The number of carbonyl (C=O) groups excluding carboxylic acids is 2. The number of carbonyl (C=O) groups is 3. The molecule has 0 saturated carbocycles. The zero-order valence-electron chi connectivity index (χ0n) is 13.9. The van der Waals surface area contributed by atoms with Gasteiger partial charge in [0.05, 0.1) is 9.93 Å². The fraction of sp³-hybridized carbons (Fsp3) is 0.105. The Morgan fingerprint density at radius 3 is 2.59 bits per heavy atom. The largest absolute Gasteiger partial charge is 0.487 e. The molecule has 1 saturated heterocycles. The van der Waals surface area contributed by atoms with Crippen molar-refractivity contribution in [1.82, 2.24) is 4.90 Å². The lowest BCUT2D eigenvalue weighted by Crippen LogP contribution is -2.33. The van der Waals surface area contributed by atoms with E-state index in [1.54, 1.807) is 18.2 Å². The number of imide groups is 1. The number of benzene rings is 2. The summed E-state index contributed by atoms with van der Waals surface area (Å²) >= 11 is 6.94. The second kappa shape index (κ2) is 8.28. The van der Waals surface area contributed by atoms with Crippen molar-refractivity contribution in [3.63, 3.8) is 0 Å². The van der Waals surface area contributed by atoms with Crippen molar-refractivity contribution in [1.29, 1.82) is 0 Å². The van der Waals surface area contributed by atoms with Crippen LogP contribution in [0.2, 0.25) is 5.02 Å². The van der Waals surface area contributed by atoms with E-state index in [1.165, 1.54) is 6.08 Å². The summed E-state index contributed by atoms with van der Waals surface area (Å²) in [5.41, 5.74) is 1.61. The van der Waals surface area contributed by atoms with Gasteiger partial charge in [0.1, 0.15) is 18.9 Å². The lowest BCUT2D eigenvalue weighted by atomic mass is 10.2. The molecule has 2 aromatic rings. The standard InChI is InChI=1S/C19H14ClNO5S/c20-14-8-13(6-7-15(14)26-11-12-4-2-1-3-5-12)9-16-18(24)21(10-17(22)23)19(25)27-16/h1-9H,10-11H2,(H,22,23). The first-order valence-corrected chi connectivity index (χ1v) is 9.07. The second-order valence-corrected chi connectivity index (χ2v) is 7.03. The molecule has 0 atom stereocenters. The van der Waals surface area contributed by atoms with Gasteiger partial charge in [0.2, 0.25) is 0 Å². The van der Waals surface area contributed by atoms with Crippen LogP contribution in [0, 0.1) is 0 Å². The molecule has 27 heavy (non-hydrogen) atoms. The average molecular weight is 404 g/mol. The van der Waals surface area contributed by atoms with Crippen LogP contribution in [0.5, 0.6) is 5.75 Å². The number of carboxylic acids is 1. The van der Waals surface area contributed by atoms with E-state index in [0.717, 1.165) is 5.56 Å². The van der Waals surface area contributed by atoms with E-state index in [1.807, 2.05) is 30.3 Å². The lowest BCUT2D eigenvalue weighted by molar-refractivity contribution is -0.140. The topological polar surface area (TPSA) is 83.9 Å². The third kappa shape index (κ3) is 4.69. The highest BCUT2D eigenvalue weighted by Gasteiger charge is 2.36. The summed E-state index contributed by atoms with van der Waals surface area (Å²) in [5, 5.41) is 8.54. The number of halogens is 1. The molecule has 2 amide bonds. The summed E-state index contributed by atoms with van der Waals surface area (Å²) in [6.45, 7) is -0.289. The Morgan fingerprint density at radius 1 is 1.19 bits per heavy atom. The minimum absolute atomic E-state index is 0.148. The molecule has 0 radical (unpaired) electrons. The summed E-state index contributed by atoms with van der Waals surface area (Å²) in [4.78, 5) is 35.5. The van der Waals surface area contributed by atoms with Crippen LogP contribution in [0.4, 0.5) is 4.79 Å². The molecule has 6 nitrogen and oxygen atoms in total. The molecule has 0 aliphatic carbocycles. The molecule has 3 rings (SSSR count). The van der Waals surface area contributed by atoms with Gasteiger partial charge in [0.25, 0.3) is 11.1 Å². The summed E-state index contributed by atoms with van der Waals surface area (Å²) in [7, 11) is 0. The van der Waals surface area contributed by atoms with Gasteiger partial charge in [-0.25, -0.2) is 0 Å². The Labute approximate surface area is 164 Å². The van der Waals surface area contributed by atoms with Gasteiger partial charge < -0.3 is 9.84 Å². The first-order valence-electron chi connectivity index (χ1n) is 7.87. The molecule has 2 aromatic carbocycles. The number of carboxylic acid groups (broad SMARTS) is 1. The van der Waals surface area contributed by atoms with Crippen LogP contribution in [0.3, 0.4) is 0 Å². The number of ether oxygens (including phenoxy) is 1. The number of hydrogen-bond donors (Lipinski definition) is 1. The van der Waals surface area contributed by atoms with Gasteiger partial charge in [0, 0.05) is 0 Å². The van der Waals surface area contributed by atoms with E-state index < -0.39 is 23.7 Å². The van der Waals surface area contributed by atoms with Crippen molar-refractivity contribution in [2.24, 2.45) is 0 Å². The van der Waals surface area contributed by atoms with Gasteiger partial charge >= 0.3 is 5.97 Å². The molecule has 1 fully saturated rings. The highest BCUT2D eigenvalue weighted by molar-refractivity contribution is 8.18. The van der Waals surface area contributed by atoms with Gasteiger partial charge in [0.15, 0.2) is 0 Å². The monoisotopic (exact) mass is 403 g/mol. The Morgan fingerprint density at radius 2 is 1.93 bits per heavy atom. The molecular weight excluding hydrogens is 390 g/mol. The van der Waals surface area contributed by atoms with Crippen molar-refractivity contribution in [3.8, 4) is 5.75 Å². The predicted molar refractivity (Wildman–Crippen MR) is 103 cm³/mol. The van der Waals surface area contributed by atoms with Crippen LogP contribution < -0.4 is 4.74 Å². The van der Waals surface area contributed by atoms with Crippen molar-refractivity contribution < 1.29 is 24.2 Å². The van der Waals surface area contributed by atoms with E-state index in [-0.39, 0.29) is 4.91 Å². The Kier molecular flexibility index (Phi) is 5.83. The molecular formula is C19H14ClNO5S. The van der Waals surface area contributed by atoms with Crippen LogP contribution in [0.25, 0.3) is 6.08 Å². The van der Waals surface area contributed by atoms with Crippen LogP contribution in [0.15, 0.2) is 53.4 Å². The molecule has 0 unspecified atom stereocenters. The third-order valence-electron chi connectivity index (χ3n) is 3.66. The molecule has 1 heterocycles. The normalized spacial score (nSPS) is 15.4. The summed E-state index contributed by atoms with van der Waals surface area (Å²) in [6, 6.07) is 14.6. The molecule has 8 heteroatoms. The number of thioether (sulfide) groups is 1. The summed E-state index contributed by atoms with van der Waals surface area (Å²) in [6.07, 6.45) is 1.50. The minimum atomic E-state index is -1.25. The molecule has 1 aliphatic rings. The van der Waals surface area contributed by atoms with Gasteiger partial charge in [-0.3, -0.25) is 19.3 Å². The van der Waals surface area contributed by atoms with Crippen molar-refractivity contribution in [2.45, 2.75) is 6.61 Å². The first-order chi connectivity index (χ1) is 12.9. The van der Waals surface area contributed by atoms with E-state index in [4.69, 9.17) is 21.4 Å². The molecule has 1 aliphatic heterocycles. The number of rotatable bonds is 6. The molecule has 1 N–H and O–H groups in total. The number of amides is 2. The average Bonchev–Trinajstić information content (AvgIpc) is 2.89. The van der Waals surface area contributed by atoms with Crippen molar-refractivity contribution in [2.75, 3.05) is 6.54 Å². The molecule has 0 bridgehead atoms. The van der Waals surface area contributed by atoms with E-state index in [9.17, 15) is 14.4 Å². The summed E-state index contributed by atoms with van der Waals surface area (Å²) in [5.74, 6) is -1.38. The fourth-order valence-electron chi connectivity index (χ4n) is 2.38. The van der Waals surface area contributed by atoms with Crippen LogP contribution >= 0.6 is 23.4 Å². The third-order valence-corrected chi connectivity index (χ3v) is 4.86. The number of nitrogens with zero attached hydrogens (tertiary/aromatic N) is 1. The lowest BCUT2D eigenvalue weighted by Gasteiger charge is -2.09. The van der Waals surface area contributed by atoms with Gasteiger partial charge in [-0.15, -0.1) is 0 Å². The zero-order chi connectivity index (χ0) is 19.4. The maximum Gasteiger partial charge on any atom is 0.323 e. The minimum Gasteiger partial charge on any atom is -0.487 e. The molecule has 0 spiro atoms. The highest BCUT2D eigenvalue weighted by atomic mass is 35.5. The quantitative estimate of drug-likeness (QED) is 0.733. The number of hydrogen-bond acceptors (Lipinski definition) is 5.